The lowest BCUT2D eigenvalue weighted by atomic mass is 10.2. The standard InChI is InChI=1S/C9H12FNO2/c1-2-7(10)5-6-11-8(12)3-4-9(11)13/h3-4,7H,2,5-6H2,1H3/t7-/m1/s1. The first-order valence-electron chi connectivity index (χ1n) is 4.32. The number of alkyl halides is 1. The molecule has 0 spiro atoms. The van der Waals surface area contributed by atoms with Crippen LogP contribution in [0.4, 0.5) is 4.39 Å². The van der Waals surface area contributed by atoms with Gasteiger partial charge in [0.25, 0.3) is 11.8 Å². The second-order valence-corrected chi connectivity index (χ2v) is 2.96. The molecule has 0 radical (unpaired) electrons. The quantitative estimate of drug-likeness (QED) is 0.614. The van der Waals surface area contributed by atoms with Gasteiger partial charge in [-0.2, -0.15) is 0 Å². The van der Waals surface area contributed by atoms with E-state index in [-0.39, 0.29) is 24.8 Å². The number of hydrogen-bond donors (Lipinski definition) is 0. The highest BCUT2D eigenvalue weighted by Crippen LogP contribution is 2.08. The zero-order valence-corrected chi connectivity index (χ0v) is 7.50. The van der Waals surface area contributed by atoms with Gasteiger partial charge in [-0.1, -0.05) is 6.92 Å². The first kappa shape index (κ1) is 9.89. The average Bonchev–Trinajstić information content (AvgIpc) is 2.43. The second kappa shape index (κ2) is 4.16. The first-order chi connectivity index (χ1) is 6.15. The van der Waals surface area contributed by atoms with Crippen molar-refractivity contribution in [2.75, 3.05) is 6.54 Å². The van der Waals surface area contributed by atoms with E-state index in [0.29, 0.717) is 6.42 Å². The molecule has 72 valence electrons. The van der Waals surface area contributed by atoms with Crippen LogP contribution in [0.25, 0.3) is 0 Å². The molecular weight excluding hydrogens is 173 g/mol. The summed E-state index contributed by atoms with van der Waals surface area (Å²) in [4.78, 5) is 23.0. The van der Waals surface area contributed by atoms with Crippen molar-refractivity contribution in [3.63, 3.8) is 0 Å². The number of rotatable bonds is 4. The zero-order chi connectivity index (χ0) is 9.84. The Kier molecular flexibility index (Phi) is 3.17. The fraction of sp³-hybridized carbons (Fsp3) is 0.556. The van der Waals surface area contributed by atoms with Crippen molar-refractivity contribution >= 4 is 11.8 Å². The maximum absolute atomic E-state index is 12.8. The van der Waals surface area contributed by atoms with Crippen molar-refractivity contribution in [3.8, 4) is 0 Å². The van der Waals surface area contributed by atoms with E-state index in [9.17, 15) is 14.0 Å². The highest BCUT2D eigenvalue weighted by molar-refractivity contribution is 6.12. The van der Waals surface area contributed by atoms with Crippen LogP contribution in [-0.4, -0.2) is 29.4 Å². The van der Waals surface area contributed by atoms with Gasteiger partial charge >= 0.3 is 0 Å². The fourth-order valence-electron chi connectivity index (χ4n) is 1.12. The molecule has 1 rings (SSSR count). The average molecular weight is 185 g/mol. The van der Waals surface area contributed by atoms with E-state index in [1.54, 1.807) is 6.92 Å². The first-order valence-corrected chi connectivity index (χ1v) is 4.32. The molecule has 0 N–H and O–H groups in total. The molecule has 1 atom stereocenters. The summed E-state index contributed by atoms with van der Waals surface area (Å²) >= 11 is 0. The summed E-state index contributed by atoms with van der Waals surface area (Å²) < 4.78 is 12.8. The largest absolute Gasteiger partial charge is 0.275 e. The predicted octanol–water partition coefficient (Wildman–Crippen LogP) is 1.05. The van der Waals surface area contributed by atoms with Crippen LogP contribution in [0.15, 0.2) is 12.2 Å². The summed E-state index contributed by atoms with van der Waals surface area (Å²) in [6.45, 7) is 1.91. The van der Waals surface area contributed by atoms with Crippen molar-refractivity contribution < 1.29 is 14.0 Å². The van der Waals surface area contributed by atoms with Crippen LogP contribution in [0, 0.1) is 0 Å². The lowest BCUT2D eigenvalue weighted by Gasteiger charge is -2.14. The number of nitrogens with zero attached hydrogens (tertiary/aromatic N) is 1. The van der Waals surface area contributed by atoms with Gasteiger partial charge < -0.3 is 0 Å². The van der Waals surface area contributed by atoms with Crippen molar-refractivity contribution in [1.82, 2.24) is 4.90 Å². The van der Waals surface area contributed by atoms with Gasteiger partial charge in [-0.05, 0) is 12.8 Å². The van der Waals surface area contributed by atoms with Crippen LogP contribution in [0.5, 0.6) is 0 Å². The van der Waals surface area contributed by atoms with Crippen LogP contribution < -0.4 is 0 Å². The molecule has 0 aliphatic carbocycles. The summed E-state index contributed by atoms with van der Waals surface area (Å²) in [5.41, 5.74) is 0. The highest BCUT2D eigenvalue weighted by atomic mass is 19.1. The van der Waals surface area contributed by atoms with Gasteiger partial charge in [-0.25, -0.2) is 4.39 Å². The van der Waals surface area contributed by atoms with Crippen LogP contribution in [0.3, 0.4) is 0 Å². The molecule has 0 fully saturated rings. The van der Waals surface area contributed by atoms with Crippen molar-refractivity contribution in [3.05, 3.63) is 12.2 Å². The lowest BCUT2D eigenvalue weighted by molar-refractivity contribution is -0.136. The van der Waals surface area contributed by atoms with E-state index in [1.807, 2.05) is 0 Å². The molecule has 4 heteroatoms. The molecule has 0 aromatic carbocycles. The number of imide groups is 1. The smallest absolute Gasteiger partial charge is 0.253 e. The van der Waals surface area contributed by atoms with Crippen LogP contribution in [-0.2, 0) is 9.59 Å². The van der Waals surface area contributed by atoms with E-state index >= 15 is 0 Å². The summed E-state index contributed by atoms with van der Waals surface area (Å²) in [5, 5.41) is 0. The minimum absolute atomic E-state index is 0.180. The van der Waals surface area contributed by atoms with E-state index in [2.05, 4.69) is 0 Å². The maximum atomic E-state index is 12.8. The zero-order valence-electron chi connectivity index (χ0n) is 7.50. The molecule has 0 unspecified atom stereocenters. The molecule has 0 aromatic heterocycles. The molecule has 1 aliphatic rings. The maximum Gasteiger partial charge on any atom is 0.253 e. The normalized spacial score (nSPS) is 18.5. The summed E-state index contributed by atoms with van der Waals surface area (Å²) in [7, 11) is 0. The van der Waals surface area contributed by atoms with Crippen molar-refractivity contribution in [2.24, 2.45) is 0 Å². The molecule has 0 saturated carbocycles. The Morgan fingerprint density at radius 1 is 1.38 bits per heavy atom. The fourth-order valence-corrected chi connectivity index (χ4v) is 1.12. The van der Waals surface area contributed by atoms with E-state index in [1.165, 1.54) is 12.2 Å². The number of hydrogen-bond acceptors (Lipinski definition) is 2. The van der Waals surface area contributed by atoms with Gasteiger partial charge in [-0.3, -0.25) is 14.5 Å². The van der Waals surface area contributed by atoms with Crippen molar-refractivity contribution in [1.29, 1.82) is 0 Å². The Morgan fingerprint density at radius 2 is 1.92 bits per heavy atom. The molecule has 13 heavy (non-hydrogen) atoms. The van der Waals surface area contributed by atoms with Crippen LogP contribution in [0.1, 0.15) is 19.8 Å². The lowest BCUT2D eigenvalue weighted by Crippen LogP contribution is -2.32. The second-order valence-electron chi connectivity index (χ2n) is 2.96. The SMILES string of the molecule is CC[C@@H](F)CCN1C(=O)C=CC1=O. The Labute approximate surface area is 76.2 Å². The number of carbonyl (C=O) groups is 2. The number of halogens is 1. The molecule has 2 amide bonds. The van der Waals surface area contributed by atoms with Gasteiger partial charge in [0.05, 0.1) is 0 Å². The van der Waals surface area contributed by atoms with Gasteiger partial charge in [0.1, 0.15) is 6.17 Å². The molecule has 0 bridgehead atoms. The van der Waals surface area contributed by atoms with Gasteiger partial charge in [0.15, 0.2) is 0 Å². The summed E-state index contributed by atoms with van der Waals surface area (Å²) in [5.74, 6) is -0.679. The Bertz CT molecular complexity index is 232. The summed E-state index contributed by atoms with van der Waals surface area (Å²) in [6.07, 6.45) is 2.14. The van der Waals surface area contributed by atoms with Gasteiger partial charge in [-0.15, -0.1) is 0 Å². The molecule has 1 heterocycles. The Balaban J connectivity index is 2.38. The van der Waals surface area contributed by atoms with E-state index in [4.69, 9.17) is 0 Å². The molecule has 0 saturated heterocycles. The number of amides is 2. The summed E-state index contributed by atoms with van der Waals surface area (Å²) in [6, 6.07) is 0. The third kappa shape index (κ3) is 2.37. The number of carbonyl (C=O) groups excluding carboxylic acids is 2. The third-order valence-corrected chi connectivity index (χ3v) is 2.01. The molecule has 0 aromatic rings. The van der Waals surface area contributed by atoms with Gasteiger partial charge in [0, 0.05) is 18.7 Å². The van der Waals surface area contributed by atoms with Crippen LogP contribution in [0.2, 0.25) is 0 Å². The molecule has 1 aliphatic heterocycles. The predicted molar refractivity (Wildman–Crippen MR) is 45.7 cm³/mol. The third-order valence-electron chi connectivity index (χ3n) is 2.01. The van der Waals surface area contributed by atoms with E-state index < -0.39 is 6.17 Å². The van der Waals surface area contributed by atoms with E-state index in [0.717, 1.165) is 4.90 Å². The van der Waals surface area contributed by atoms with Crippen LogP contribution >= 0.6 is 0 Å². The molecular formula is C9H12FNO2. The monoisotopic (exact) mass is 185 g/mol. The minimum atomic E-state index is -0.929. The minimum Gasteiger partial charge on any atom is -0.275 e. The topological polar surface area (TPSA) is 37.4 Å². The molecule has 3 nitrogen and oxygen atoms in total. The highest BCUT2D eigenvalue weighted by Gasteiger charge is 2.23. The Morgan fingerprint density at radius 3 is 2.38 bits per heavy atom. The van der Waals surface area contributed by atoms with Crippen molar-refractivity contribution in [2.45, 2.75) is 25.9 Å². The van der Waals surface area contributed by atoms with Gasteiger partial charge in [0.2, 0.25) is 0 Å². The Hall–Kier alpha value is -1.19.